The van der Waals surface area contributed by atoms with Gasteiger partial charge in [0.1, 0.15) is 0 Å². The summed E-state index contributed by atoms with van der Waals surface area (Å²) in [4.78, 5) is 2.42. The molecule has 0 aromatic carbocycles. The molecule has 0 bridgehead atoms. The highest BCUT2D eigenvalue weighted by molar-refractivity contribution is 7.88. The molecule has 19 heavy (non-hydrogen) atoms. The molecule has 2 N–H and O–H groups in total. The Morgan fingerprint density at radius 1 is 1.05 bits per heavy atom. The Kier molecular flexibility index (Phi) is 6.23. The second-order valence-corrected chi connectivity index (χ2v) is 7.56. The summed E-state index contributed by atoms with van der Waals surface area (Å²) in [5, 5.41) is 0. The predicted octanol–water partition coefficient (Wildman–Crippen LogP) is 0.861. The summed E-state index contributed by atoms with van der Waals surface area (Å²) in [5.41, 5.74) is 6.12. The van der Waals surface area contributed by atoms with Gasteiger partial charge in [0.15, 0.2) is 0 Å². The molecule has 0 atom stereocenters. The standard InChI is InChI=1S/C13H29N3O2S/c1-4-6-13(12-14,7-5-2)15-8-10-16(11-9-15)19(3,17)18/h4-12,14H2,1-3H3. The van der Waals surface area contributed by atoms with Gasteiger partial charge in [0.2, 0.25) is 10.0 Å². The minimum atomic E-state index is -3.05. The first-order chi connectivity index (χ1) is 8.89. The maximum atomic E-state index is 11.5. The smallest absolute Gasteiger partial charge is 0.211 e. The summed E-state index contributed by atoms with van der Waals surface area (Å²) in [7, 11) is -3.05. The van der Waals surface area contributed by atoms with Crippen molar-refractivity contribution >= 4 is 10.0 Å². The van der Waals surface area contributed by atoms with Gasteiger partial charge in [-0.15, -0.1) is 0 Å². The molecule has 0 aromatic heterocycles. The second kappa shape index (κ2) is 7.02. The van der Waals surface area contributed by atoms with Crippen molar-refractivity contribution < 1.29 is 8.42 Å². The van der Waals surface area contributed by atoms with Crippen molar-refractivity contribution in [3.63, 3.8) is 0 Å². The van der Waals surface area contributed by atoms with Crippen LogP contribution in [-0.4, -0.2) is 62.1 Å². The molecule has 0 aromatic rings. The van der Waals surface area contributed by atoms with E-state index in [2.05, 4.69) is 18.7 Å². The van der Waals surface area contributed by atoms with Gasteiger partial charge in [0, 0.05) is 38.3 Å². The van der Waals surface area contributed by atoms with Crippen LogP contribution in [0.3, 0.4) is 0 Å². The van der Waals surface area contributed by atoms with Crippen molar-refractivity contribution in [1.29, 1.82) is 0 Å². The van der Waals surface area contributed by atoms with Gasteiger partial charge in [-0.25, -0.2) is 8.42 Å². The topological polar surface area (TPSA) is 66.6 Å². The van der Waals surface area contributed by atoms with Gasteiger partial charge in [-0.2, -0.15) is 4.31 Å². The minimum absolute atomic E-state index is 0.0626. The highest BCUT2D eigenvalue weighted by Gasteiger charge is 2.36. The fraction of sp³-hybridized carbons (Fsp3) is 1.00. The summed E-state index contributed by atoms with van der Waals surface area (Å²) < 4.78 is 24.7. The number of rotatable bonds is 7. The predicted molar refractivity (Wildman–Crippen MR) is 79.6 cm³/mol. The van der Waals surface area contributed by atoms with E-state index < -0.39 is 10.0 Å². The van der Waals surface area contributed by atoms with Crippen LogP contribution in [0.5, 0.6) is 0 Å². The van der Waals surface area contributed by atoms with Gasteiger partial charge in [-0.1, -0.05) is 26.7 Å². The third-order valence-electron chi connectivity index (χ3n) is 4.19. The van der Waals surface area contributed by atoms with Crippen molar-refractivity contribution in [2.75, 3.05) is 39.0 Å². The van der Waals surface area contributed by atoms with Crippen molar-refractivity contribution in [1.82, 2.24) is 9.21 Å². The molecule has 0 amide bonds. The van der Waals surface area contributed by atoms with Crippen LogP contribution in [-0.2, 0) is 10.0 Å². The number of piperazine rings is 1. The highest BCUT2D eigenvalue weighted by Crippen LogP contribution is 2.28. The third kappa shape index (κ3) is 4.15. The minimum Gasteiger partial charge on any atom is -0.329 e. The first-order valence-electron chi connectivity index (χ1n) is 7.30. The van der Waals surface area contributed by atoms with Crippen LogP contribution in [0.2, 0.25) is 0 Å². The Balaban J connectivity index is 2.74. The van der Waals surface area contributed by atoms with Gasteiger partial charge in [0.25, 0.3) is 0 Å². The lowest BCUT2D eigenvalue weighted by Gasteiger charge is -2.47. The summed E-state index contributed by atoms with van der Waals surface area (Å²) in [5.74, 6) is 0. The van der Waals surface area contributed by atoms with Crippen LogP contribution < -0.4 is 5.73 Å². The van der Waals surface area contributed by atoms with Crippen LogP contribution in [0.4, 0.5) is 0 Å². The fourth-order valence-electron chi connectivity index (χ4n) is 3.20. The summed E-state index contributed by atoms with van der Waals surface area (Å²) in [6, 6.07) is 0. The van der Waals surface area contributed by atoms with Crippen LogP contribution in [0.1, 0.15) is 39.5 Å². The van der Waals surface area contributed by atoms with Crippen molar-refractivity contribution in [3.8, 4) is 0 Å². The van der Waals surface area contributed by atoms with E-state index >= 15 is 0 Å². The maximum Gasteiger partial charge on any atom is 0.211 e. The van der Waals surface area contributed by atoms with Crippen LogP contribution in [0.15, 0.2) is 0 Å². The summed E-state index contributed by atoms with van der Waals surface area (Å²) in [6.07, 6.45) is 5.70. The van der Waals surface area contributed by atoms with Crippen molar-refractivity contribution in [3.05, 3.63) is 0 Å². The molecular formula is C13H29N3O2S. The molecule has 1 aliphatic heterocycles. The molecular weight excluding hydrogens is 262 g/mol. The molecule has 1 heterocycles. The number of sulfonamides is 1. The lowest BCUT2D eigenvalue weighted by atomic mass is 9.86. The van der Waals surface area contributed by atoms with Gasteiger partial charge in [-0.05, 0) is 12.8 Å². The van der Waals surface area contributed by atoms with Gasteiger partial charge < -0.3 is 5.73 Å². The van der Waals surface area contributed by atoms with E-state index in [1.165, 1.54) is 6.26 Å². The zero-order valence-electron chi connectivity index (χ0n) is 12.6. The Morgan fingerprint density at radius 2 is 1.53 bits per heavy atom. The van der Waals surface area contributed by atoms with Crippen molar-refractivity contribution in [2.45, 2.75) is 45.1 Å². The summed E-state index contributed by atoms with van der Waals surface area (Å²) >= 11 is 0. The van der Waals surface area contributed by atoms with Crippen LogP contribution in [0.25, 0.3) is 0 Å². The highest BCUT2D eigenvalue weighted by atomic mass is 32.2. The third-order valence-corrected chi connectivity index (χ3v) is 5.49. The average molecular weight is 291 g/mol. The second-order valence-electron chi connectivity index (χ2n) is 5.58. The zero-order chi connectivity index (χ0) is 14.5. The Hall–Kier alpha value is -0.170. The van der Waals surface area contributed by atoms with E-state index in [0.29, 0.717) is 19.6 Å². The maximum absolute atomic E-state index is 11.5. The van der Waals surface area contributed by atoms with Crippen LogP contribution in [0, 0.1) is 0 Å². The Morgan fingerprint density at radius 3 is 1.84 bits per heavy atom. The van der Waals surface area contributed by atoms with E-state index in [1.807, 2.05) is 0 Å². The summed E-state index contributed by atoms with van der Waals surface area (Å²) in [6.45, 7) is 7.81. The van der Waals surface area contributed by atoms with E-state index in [4.69, 9.17) is 5.73 Å². The number of nitrogens with two attached hydrogens (primary N) is 1. The monoisotopic (exact) mass is 291 g/mol. The number of nitrogens with zero attached hydrogens (tertiary/aromatic N) is 2. The van der Waals surface area contributed by atoms with Crippen molar-refractivity contribution in [2.24, 2.45) is 5.73 Å². The SMILES string of the molecule is CCCC(CN)(CCC)N1CCN(S(C)(=O)=O)CC1. The fourth-order valence-corrected chi connectivity index (χ4v) is 4.03. The number of hydrogen-bond acceptors (Lipinski definition) is 4. The molecule has 6 heteroatoms. The van der Waals surface area contributed by atoms with Crippen LogP contribution >= 0.6 is 0 Å². The van der Waals surface area contributed by atoms with Gasteiger partial charge in [-0.3, -0.25) is 4.90 Å². The molecule has 0 unspecified atom stereocenters. The lowest BCUT2D eigenvalue weighted by molar-refractivity contribution is 0.0442. The molecule has 0 radical (unpaired) electrons. The molecule has 1 aliphatic rings. The Labute approximate surface area is 118 Å². The molecule has 1 saturated heterocycles. The van der Waals surface area contributed by atoms with E-state index in [0.717, 1.165) is 38.8 Å². The average Bonchev–Trinajstić information content (AvgIpc) is 2.37. The Bertz CT molecular complexity index is 356. The largest absolute Gasteiger partial charge is 0.329 e. The molecule has 1 rings (SSSR count). The molecule has 114 valence electrons. The molecule has 5 nitrogen and oxygen atoms in total. The lowest BCUT2D eigenvalue weighted by Crippen LogP contribution is -2.60. The van der Waals surface area contributed by atoms with E-state index in [-0.39, 0.29) is 5.54 Å². The van der Waals surface area contributed by atoms with E-state index in [9.17, 15) is 8.42 Å². The quantitative estimate of drug-likeness (QED) is 0.755. The van der Waals surface area contributed by atoms with Gasteiger partial charge >= 0.3 is 0 Å². The first-order valence-corrected chi connectivity index (χ1v) is 9.14. The number of hydrogen-bond donors (Lipinski definition) is 1. The molecule has 1 fully saturated rings. The zero-order valence-corrected chi connectivity index (χ0v) is 13.4. The van der Waals surface area contributed by atoms with Gasteiger partial charge in [0.05, 0.1) is 6.26 Å². The first kappa shape index (κ1) is 16.9. The molecule has 0 saturated carbocycles. The molecule has 0 spiro atoms. The molecule has 0 aliphatic carbocycles. The normalized spacial score (nSPS) is 19.8. The van der Waals surface area contributed by atoms with E-state index in [1.54, 1.807) is 4.31 Å².